The van der Waals surface area contributed by atoms with Gasteiger partial charge in [-0.2, -0.15) is 0 Å². The van der Waals surface area contributed by atoms with Crippen LogP contribution < -0.4 is 10.6 Å². The first-order chi connectivity index (χ1) is 14.8. The Labute approximate surface area is 181 Å². The summed E-state index contributed by atoms with van der Waals surface area (Å²) in [5.41, 5.74) is 5.72. The number of amides is 3. The van der Waals surface area contributed by atoms with E-state index in [1.807, 2.05) is 32.0 Å². The lowest BCUT2D eigenvalue weighted by molar-refractivity contribution is -0.148. The monoisotopic (exact) mass is 422 g/mol. The van der Waals surface area contributed by atoms with Gasteiger partial charge >= 0.3 is 12.0 Å². The van der Waals surface area contributed by atoms with Crippen LogP contribution in [0.1, 0.15) is 51.9 Å². The highest BCUT2D eigenvalue weighted by Gasteiger charge is 2.16. The van der Waals surface area contributed by atoms with E-state index < -0.39 is 24.5 Å². The van der Waals surface area contributed by atoms with E-state index in [4.69, 9.17) is 4.74 Å². The molecule has 0 aromatic heterocycles. The van der Waals surface area contributed by atoms with Crippen LogP contribution in [-0.4, -0.2) is 30.3 Å². The summed E-state index contributed by atoms with van der Waals surface area (Å²) in [7, 11) is 0. The summed E-state index contributed by atoms with van der Waals surface area (Å²) in [6.45, 7) is 3.28. The quantitative estimate of drug-likeness (QED) is 0.524. The predicted octanol–water partition coefficient (Wildman–Crippen LogP) is 3.65. The van der Waals surface area contributed by atoms with Crippen LogP contribution >= 0.6 is 0 Å². The van der Waals surface area contributed by atoms with Crippen molar-refractivity contribution in [1.29, 1.82) is 0 Å². The summed E-state index contributed by atoms with van der Waals surface area (Å²) in [6, 6.07) is 10.3. The van der Waals surface area contributed by atoms with E-state index in [-0.39, 0.29) is 18.6 Å². The minimum absolute atomic E-state index is 0.00645. The zero-order chi connectivity index (χ0) is 22.4. The number of urea groups is 1. The number of carbonyl (C=O) groups is 4. The van der Waals surface area contributed by atoms with Crippen LogP contribution in [0.25, 0.3) is 0 Å². The number of rotatable bonds is 7. The van der Waals surface area contributed by atoms with Gasteiger partial charge in [0.1, 0.15) is 0 Å². The standard InChI is InChI=1S/C24H26N2O5/c1-15-6-9-20(12-16(15)2)25-24(30)26-22(28)14-31-23(29)11-10-21(27)19-8-7-17-4-3-5-18(17)13-19/h6-9,12-13H,3-5,10-11,14H2,1-2H3,(H2,25,26,28,30). The van der Waals surface area contributed by atoms with Crippen LogP contribution in [0.15, 0.2) is 36.4 Å². The number of ketones is 1. The fraction of sp³-hybridized carbons (Fsp3) is 0.333. The molecule has 0 bridgehead atoms. The Morgan fingerprint density at radius 3 is 2.45 bits per heavy atom. The third-order valence-electron chi connectivity index (χ3n) is 5.36. The first-order valence-corrected chi connectivity index (χ1v) is 10.3. The number of esters is 1. The molecule has 31 heavy (non-hydrogen) atoms. The lowest BCUT2D eigenvalue weighted by atomic mass is 10.0. The molecule has 1 aliphatic rings. The van der Waals surface area contributed by atoms with Crippen molar-refractivity contribution in [3.05, 3.63) is 64.2 Å². The van der Waals surface area contributed by atoms with E-state index in [0.717, 1.165) is 30.4 Å². The Hall–Kier alpha value is -3.48. The molecule has 2 aromatic carbocycles. The summed E-state index contributed by atoms with van der Waals surface area (Å²) in [5, 5.41) is 4.65. The molecule has 0 spiro atoms. The molecule has 0 saturated carbocycles. The molecule has 0 fully saturated rings. The average molecular weight is 422 g/mol. The Kier molecular flexibility index (Phi) is 7.18. The lowest BCUT2D eigenvalue weighted by Gasteiger charge is -2.09. The number of Topliss-reactive ketones (excluding diaryl/α,β-unsaturated/α-hetero) is 1. The first kappa shape index (κ1) is 22.2. The van der Waals surface area contributed by atoms with Gasteiger partial charge < -0.3 is 10.1 Å². The molecule has 162 valence electrons. The van der Waals surface area contributed by atoms with Crippen molar-refractivity contribution in [2.75, 3.05) is 11.9 Å². The Balaban J connectivity index is 1.37. The van der Waals surface area contributed by atoms with Crippen LogP contribution in [0.5, 0.6) is 0 Å². The Morgan fingerprint density at radius 2 is 1.68 bits per heavy atom. The predicted molar refractivity (Wildman–Crippen MR) is 116 cm³/mol. The van der Waals surface area contributed by atoms with Gasteiger partial charge in [-0.3, -0.25) is 19.7 Å². The molecular weight excluding hydrogens is 396 g/mol. The highest BCUT2D eigenvalue weighted by molar-refractivity contribution is 6.02. The van der Waals surface area contributed by atoms with Crippen LogP contribution in [-0.2, 0) is 27.2 Å². The van der Waals surface area contributed by atoms with E-state index >= 15 is 0 Å². The average Bonchev–Trinajstić information content (AvgIpc) is 3.21. The number of imide groups is 1. The van der Waals surface area contributed by atoms with Gasteiger partial charge in [0.15, 0.2) is 12.4 Å². The first-order valence-electron chi connectivity index (χ1n) is 10.3. The van der Waals surface area contributed by atoms with E-state index in [0.29, 0.717) is 11.3 Å². The molecule has 2 aromatic rings. The SMILES string of the molecule is Cc1ccc(NC(=O)NC(=O)COC(=O)CCC(=O)c2ccc3c(c2)CCC3)cc1C. The number of benzene rings is 2. The number of nitrogens with one attached hydrogen (secondary N) is 2. The molecule has 0 saturated heterocycles. The van der Waals surface area contributed by atoms with Gasteiger partial charge in [-0.1, -0.05) is 18.2 Å². The van der Waals surface area contributed by atoms with E-state index in [2.05, 4.69) is 10.6 Å². The second-order valence-corrected chi connectivity index (χ2v) is 7.72. The normalized spacial score (nSPS) is 12.1. The lowest BCUT2D eigenvalue weighted by Crippen LogP contribution is -2.37. The fourth-order valence-electron chi connectivity index (χ4n) is 3.47. The smallest absolute Gasteiger partial charge is 0.325 e. The minimum atomic E-state index is -0.750. The molecule has 0 atom stereocenters. The third kappa shape index (κ3) is 6.25. The van der Waals surface area contributed by atoms with Crippen molar-refractivity contribution in [2.24, 2.45) is 0 Å². The molecule has 3 rings (SSSR count). The van der Waals surface area contributed by atoms with Crippen molar-refractivity contribution in [2.45, 2.75) is 46.0 Å². The second-order valence-electron chi connectivity index (χ2n) is 7.72. The molecule has 0 radical (unpaired) electrons. The van der Waals surface area contributed by atoms with Gasteiger partial charge in [0.25, 0.3) is 5.91 Å². The number of aryl methyl sites for hydroxylation is 4. The van der Waals surface area contributed by atoms with E-state index in [1.54, 1.807) is 18.2 Å². The zero-order valence-electron chi connectivity index (χ0n) is 17.7. The molecule has 0 unspecified atom stereocenters. The molecule has 3 amide bonds. The van der Waals surface area contributed by atoms with E-state index in [1.165, 1.54) is 11.1 Å². The van der Waals surface area contributed by atoms with Gasteiger partial charge in [-0.25, -0.2) is 4.79 Å². The summed E-state index contributed by atoms with van der Waals surface area (Å²) >= 11 is 0. The highest BCUT2D eigenvalue weighted by Crippen LogP contribution is 2.23. The molecule has 7 nitrogen and oxygen atoms in total. The molecule has 7 heteroatoms. The van der Waals surface area contributed by atoms with Crippen LogP contribution in [0, 0.1) is 13.8 Å². The van der Waals surface area contributed by atoms with Crippen molar-refractivity contribution >= 4 is 29.4 Å². The second kappa shape index (κ2) is 10.0. The molecule has 1 aliphatic carbocycles. The van der Waals surface area contributed by atoms with Crippen molar-refractivity contribution in [3.8, 4) is 0 Å². The minimum Gasteiger partial charge on any atom is -0.456 e. The number of anilines is 1. The van der Waals surface area contributed by atoms with Crippen molar-refractivity contribution < 1.29 is 23.9 Å². The van der Waals surface area contributed by atoms with Gasteiger partial charge in [-0.15, -0.1) is 0 Å². The van der Waals surface area contributed by atoms with Gasteiger partial charge in [0.2, 0.25) is 0 Å². The Bertz CT molecular complexity index is 1030. The summed E-state index contributed by atoms with van der Waals surface area (Å²) in [6.07, 6.45) is 3.00. The maximum atomic E-state index is 12.3. The van der Waals surface area contributed by atoms with Crippen molar-refractivity contribution in [1.82, 2.24) is 5.32 Å². The number of ether oxygens (including phenoxy) is 1. The number of carbonyl (C=O) groups excluding carboxylic acids is 4. The molecular formula is C24H26N2O5. The van der Waals surface area contributed by atoms with E-state index in [9.17, 15) is 19.2 Å². The number of fused-ring (bicyclic) bond motifs is 1. The topological polar surface area (TPSA) is 102 Å². The number of hydrogen-bond acceptors (Lipinski definition) is 5. The molecule has 0 aliphatic heterocycles. The molecule has 2 N–H and O–H groups in total. The third-order valence-corrected chi connectivity index (χ3v) is 5.36. The van der Waals surface area contributed by atoms with Crippen LogP contribution in [0.2, 0.25) is 0 Å². The summed E-state index contributed by atoms with van der Waals surface area (Å²) in [4.78, 5) is 47.9. The number of hydrogen-bond donors (Lipinski definition) is 2. The molecule has 0 heterocycles. The van der Waals surface area contributed by atoms with Gasteiger partial charge in [0.05, 0.1) is 6.42 Å². The van der Waals surface area contributed by atoms with Crippen molar-refractivity contribution in [3.63, 3.8) is 0 Å². The van der Waals surface area contributed by atoms with Crippen LogP contribution in [0.4, 0.5) is 10.5 Å². The Morgan fingerprint density at radius 1 is 0.903 bits per heavy atom. The highest BCUT2D eigenvalue weighted by atomic mass is 16.5. The fourth-order valence-corrected chi connectivity index (χ4v) is 3.47. The summed E-state index contributed by atoms with van der Waals surface area (Å²) in [5.74, 6) is -1.55. The largest absolute Gasteiger partial charge is 0.456 e. The van der Waals surface area contributed by atoms with Gasteiger partial charge in [0, 0.05) is 17.7 Å². The van der Waals surface area contributed by atoms with Crippen LogP contribution in [0.3, 0.4) is 0 Å². The maximum absolute atomic E-state index is 12.3. The maximum Gasteiger partial charge on any atom is 0.325 e. The zero-order valence-corrected chi connectivity index (χ0v) is 17.7. The summed E-state index contributed by atoms with van der Waals surface area (Å²) < 4.78 is 4.87. The van der Waals surface area contributed by atoms with Gasteiger partial charge in [-0.05, 0) is 73.6 Å².